The Bertz CT molecular complexity index is 478. The van der Waals surface area contributed by atoms with Crippen LogP contribution in [0.15, 0.2) is 29.2 Å². The fraction of sp³-hybridized carbons (Fsp3) is 0.455. The zero-order valence-corrected chi connectivity index (χ0v) is 10.8. The van der Waals surface area contributed by atoms with Crippen molar-refractivity contribution in [3.63, 3.8) is 0 Å². The predicted molar refractivity (Wildman–Crippen MR) is 65.8 cm³/mol. The van der Waals surface area contributed by atoms with Gasteiger partial charge in [-0.05, 0) is 31.5 Å². The van der Waals surface area contributed by atoms with E-state index in [1.165, 1.54) is 26.0 Å². The fourth-order valence-electron chi connectivity index (χ4n) is 1.19. The molecule has 0 amide bonds. The fourth-order valence-corrected chi connectivity index (χ4v) is 2.47. The molecule has 0 aliphatic heterocycles. The van der Waals surface area contributed by atoms with Crippen molar-refractivity contribution >= 4 is 10.0 Å². The monoisotopic (exact) mass is 258 g/mol. The minimum absolute atomic E-state index is 0.0395. The van der Waals surface area contributed by atoms with Crippen LogP contribution in [0, 0.1) is 0 Å². The van der Waals surface area contributed by atoms with Crippen molar-refractivity contribution < 1.29 is 13.5 Å². The first-order valence-corrected chi connectivity index (χ1v) is 6.74. The molecular weight excluding hydrogens is 240 g/mol. The number of benzene rings is 1. The second kappa shape index (κ2) is 5.14. The van der Waals surface area contributed by atoms with Gasteiger partial charge in [-0.15, -0.1) is 0 Å². The van der Waals surface area contributed by atoms with Crippen LogP contribution in [0.2, 0.25) is 0 Å². The van der Waals surface area contributed by atoms with Crippen molar-refractivity contribution in [2.75, 3.05) is 6.54 Å². The Hall–Kier alpha value is -0.950. The van der Waals surface area contributed by atoms with Gasteiger partial charge in [0.05, 0.1) is 10.5 Å². The maximum Gasteiger partial charge on any atom is 0.240 e. The molecule has 0 radical (unpaired) electrons. The van der Waals surface area contributed by atoms with Gasteiger partial charge in [0.1, 0.15) is 0 Å². The topological polar surface area (TPSA) is 92.4 Å². The van der Waals surface area contributed by atoms with E-state index in [0.29, 0.717) is 0 Å². The number of sulfonamides is 1. The van der Waals surface area contributed by atoms with Gasteiger partial charge >= 0.3 is 0 Å². The second-order valence-corrected chi connectivity index (χ2v) is 6.26. The van der Waals surface area contributed by atoms with Crippen LogP contribution in [0.3, 0.4) is 0 Å². The van der Waals surface area contributed by atoms with Crippen LogP contribution in [0.25, 0.3) is 0 Å². The van der Waals surface area contributed by atoms with Crippen molar-refractivity contribution in [3.8, 4) is 0 Å². The first kappa shape index (κ1) is 14.1. The number of aliphatic hydroxyl groups is 1. The average Bonchev–Trinajstić information content (AvgIpc) is 2.26. The summed E-state index contributed by atoms with van der Waals surface area (Å²) in [6.45, 7) is 3.31. The number of nitrogens with two attached hydrogens (primary N) is 1. The van der Waals surface area contributed by atoms with Gasteiger partial charge in [0.2, 0.25) is 10.0 Å². The summed E-state index contributed by atoms with van der Waals surface area (Å²) in [6, 6.07) is 6.41. The third-order valence-electron chi connectivity index (χ3n) is 2.14. The van der Waals surface area contributed by atoms with E-state index in [1.54, 1.807) is 12.1 Å². The molecule has 0 heterocycles. The van der Waals surface area contributed by atoms with Gasteiger partial charge in [0.25, 0.3) is 0 Å². The molecule has 0 unspecified atom stereocenters. The van der Waals surface area contributed by atoms with E-state index in [4.69, 9.17) is 5.73 Å². The molecule has 1 aromatic carbocycles. The molecular formula is C11H18N2O3S. The molecule has 0 aliphatic carbocycles. The van der Waals surface area contributed by atoms with Crippen molar-refractivity contribution in [1.82, 2.24) is 4.72 Å². The first-order valence-electron chi connectivity index (χ1n) is 5.26. The van der Waals surface area contributed by atoms with Gasteiger partial charge in [-0.3, -0.25) is 0 Å². The lowest BCUT2D eigenvalue weighted by atomic mass is 10.1. The molecule has 6 heteroatoms. The third kappa shape index (κ3) is 4.43. The Morgan fingerprint density at radius 1 is 1.41 bits per heavy atom. The van der Waals surface area contributed by atoms with E-state index in [0.717, 1.165) is 5.56 Å². The van der Waals surface area contributed by atoms with E-state index < -0.39 is 15.6 Å². The standard InChI is InChI=1S/C11H18N2O3S/c1-11(2,14)8-13-17(15,16)10-5-3-4-9(6-10)7-12/h3-6,13-14H,7-8,12H2,1-2H3. The molecule has 0 spiro atoms. The smallest absolute Gasteiger partial charge is 0.240 e. The lowest BCUT2D eigenvalue weighted by Crippen LogP contribution is -2.38. The Balaban J connectivity index is 2.89. The van der Waals surface area contributed by atoms with Crippen molar-refractivity contribution in [3.05, 3.63) is 29.8 Å². The predicted octanol–water partition coefficient (Wildman–Crippen LogP) is 0.194. The van der Waals surface area contributed by atoms with Crippen LogP contribution in [0.5, 0.6) is 0 Å². The van der Waals surface area contributed by atoms with E-state index in [1.807, 2.05) is 0 Å². The summed E-state index contributed by atoms with van der Waals surface area (Å²) in [4.78, 5) is 0.157. The Morgan fingerprint density at radius 3 is 2.59 bits per heavy atom. The van der Waals surface area contributed by atoms with Gasteiger partial charge in [0, 0.05) is 13.1 Å². The largest absolute Gasteiger partial charge is 0.389 e. The van der Waals surface area contributed by atoms with E-state index in [2.05, 4.69) is 4.72 Å². The van der Waals surface area contributed by atoms with Gasteiger partial charge < -0.3 is 10.8 Å². The van der Waals surface area contributed by atoms with Crippen molar-refractivity contribution in [2.45, 2.75) is 30.9 Å². The van der Waals surface area contributed by atoms with Crippen LogP contribution in [-0.4, -0.2) is 25.7 Å². The van der Waals surface area contributed by atoms with Gasteiger partial charge in [0.15, 0.2) is 0 Å². The van der Waals surface area contributed by atoms with Gasteiger partial charge in [-0.2, -0.15) is 0 Å². The van der Waals surface area contributed by atoms with Crippen molar-refractivity contribution in [2.24, 2.45) is 5.73 Å². The van der Waals surface area contributed by atoms with Crippen LogP contribution >= 0.6 is 0 Å². The zero-order valence-electron chi connectivity index (χ0n) is 9.97. The summed E-state index contributed by atoms with van der Waals surface area (Å²) >= 11 is 0. The highest BCUT2D eigenvalue weighted by Crippen LogP contribution is 2.11. The van der Waals surface area contributed by atoms with Gasteiger partial charge in [-0.1, -0.05) is 12.1 Å². The van der Waals surface area contributed by atoms with E-state index in [-0.39, 0.29) is 18.0 Å². The number of hydrogen-bond acceptors (Lipinski definition) is 4. The third-order valence-corrected chi connectivity index (χ3v) is 3.54. The molecule has 0 aromatic heterocycles. The number of nitrogens with one attached hydrogen (secondary N) is 1. The molecule has 0 fully saturated rings. The maximum absolute atomic E-state index is 11.9. The molecule has 0 saturated heterocycles. The molecule has 4 N–H and O–H groups in total. The normalized spacial score (nSPS) is 12.7. The lowest BCUT2D eigenvalue weighted by Gasteiger charge is -2.17. The molecule has 17 heavy (non-hydrogen) atoms. The summed E-state index contributed by atoms with van der Waals surface area (Å²) < 4.78 is 26.1. The second-order valence-electron chi connectivity index (χ2n) is 4.49. The summed E-state index contributed by atoms with van der Waals surface area (Å²) in [6.07, 6.45) is 0. The quantitative estimate of drug-likeness (QED) is 0.703. The van der Waals surface area contributed by atoms with Crippen LogP contribution < -0.4 is 10.5 Å². The summed E-state index contributed by atoms with van der Waals surface area (Å²) in [7, 11) is -3.59. The highest BCUT2D eigenvalue weighted by atomic mass is 32.2. The highest BCUT2D eigenvalue weighted by Gasteiger charge is 2.19. The minimum atomic E-state index is -3.59. The lowest BCUT2D eigenvalue weighted by molar-refractivity contribution is 0.0857. The summed E-state index contributed by atoms with van der Waals surface area (Å²) in [5.74, 6) is 0. The van der Waals surface area contributed by atoms with Crippen LogP contribution in [-0.2, 0) is 16.6 Å². The molecule has 96 valence electrons. The van der Waals surface area contributed by atoms with Crippen LogP contribution in [0.4, 0.5) is 0 Å². The maximum atomic E-state index is 11.9. The highest BCUT2D eigenvalue weighted by molar-refractivity contribution is 7.89. The number of rotatable bonds is 5. The zero-order chi connectivity index (χ0) is 13.1. The molecule has 0 bridgehead atoms. The molecule has 5 nitrogen and oxygen atoms in total. The average molecular weight is 258 g/mol. The molecule has 0 aliphatic rings. The number of hydrogen-bond donors (Lipinski definition) is 3. The summed E-state index contributed by atoms with van der Waals surface area (Å²) in [5.41, 5.74) is 5.11. The molecule has 1 rings (SSSR count). The Morgan fingerprint density at radius 2 is 2.06 bits per heavy atom. The van der Waals surface area contributed by atoms with Crippen LogP contribution in [0.1, 0.15) is 19.4 Å². The Labute approximate surface area is 102 Å². The molecule has 1 aromatic rings. The van der Waals surface area contributed by atoms with E-state index in [9.17, 15) is 13.5 Å². The Kier molecular flexibility index (Phi) is 4.26. The minimum Gasteiger partial charge on any atom is -0.389 e. The van der Waals surface area contributed by atoms with E-state index >= 15 is 0 Å². The SMILES string of the molecule is CC(C)(O)CNS(=O)(=O)c1cccc(CN)c1. The molecule has 0 saturated carbocycles. The first-order chi connectivity index (χ1) is 7.74. The van der Waals surface area contributed by atoms with Gasteiger partial charge in [-0.25, -0.2) is 13.1 Å². The molecule has 0 atom stereocenters. The van der Waals surface area contributed by atoms with Crippen molar-refractivity contribution in [1.29, 1.82) is 0 Å². The summed E-state index contributed by atoms with van der Waals surface area (Å²) in [5, 5.41) is 9.48.